The summed E-state index contributed by atoms with van der Waals surface area (Å²) in [6.07, 6.45) is 0. The highest BCUT2D eigenvalue weighted by atomic mass is 35.5. The van der Waals surface area contributed by atoms with E-state index in [-0.39, 0.29) is 5.92 Å². The van der Waals surface area contributed by atoms with Gasteiger partial charge in [0, 0.05) is 6.54 Å². The molecule has 0 amide bonds. The number of nitrogens with zero attached hydrogens (tertiary/aromatic N) is 2. The van der Waals surface area contributed by atoms with Gasteiger partial charge in [0.15, 0.2) is 0 Å². The van der Waals surface area contributed by atoms with Gasteiger partial charge < -0.3 is 10.4 Å². The van der Waals surface area contributed by atoms with E-state index in [1.165, 1.54) is 0 Å². The molecule has 0 aliphatic heterocycles. The molecular formula is C12H16ClN3OS. The lowest BCUT2D eigenvalue weighted by Crippen LogP contribution is -2.38. The number of hydrogen-bond donors (Lipinski definition) is 2. The Bertz CT molecular complexity index is 553. The second-order valence-electron chi connectivity index (χ2n) is 4.92. The van der Waals surface area contributed by atoms with Gasteiger partial charge in [0.1, 0.15) is 11.0 Å². The Morgan fingerprint density at radius 1 is 1.44 bits per heavy atom. The van der Waals surface area contributed by atoms with Gasteiger partial charge in [0.25, 0.3) is 0 Å². The van der Waals surface area contributed by atoms with Gasteiger partial charge in [-0.3, -0.25) is 0 Å². The average molecular weight is 286 g/mol. The van der Waals surface area contributed by atoms with Crippen LogP contribution >= 0.6 is 23.3 Å². The van der Waals surface area contributed by atoms with Gasteiger partial charge in [-0.25, -0.2) is 0 Å². The van der Waals surface area contributed by atoms with Crippen LogP contribution < -0.4 is 5.32 Å². The summed E-state index contributed by atoms with van der Waals surface area (Å²) < 4.78 is 8.40. The third-order valence-electron chi connectivity index (χ3n) is 3.24. The number of aliphatic hydroxyl groups is 1. The molecule has 0 aliphatic carbocycles. The van der Waals surface area contributed by atoms with Crippen LogP contribution in [0.3, 0.4) is 0 Å². The molecule has 1 aromatic carbocycles. The van der Waals surface area contributed by atoms with E-state index in [0.717, 1.165) is 28.4 Å². The van der Waals surface area contributed by atoms with Crippen LogP contribution in [0, 0.1) is 5.92 Å². The largest absolute Gasteiger partial charge is 0.388 e. The Kier molecular flexibility index (Phi) is 3.75. The van der Waals surface area contributed by atoms with Crippen LogP contribution in [0.4, 0.5) is 5.69 Å². The summed E-state index contributed by atoms with van der Waals surface area (Å²) >= 11 is 7.32. The second kappa shape index (κ2) is 4.99. The standard InChI is InChI=1S/C12H16ClN3OS/c1-7(2)12(3,17)6-14-10-8(13)4-5-9-11(10)16-18-15-9/h4-5,7,14,17H,6H2,1-3H3. The van der Waals surface area contributed by atoms with Crippen molar-refractivity contribution in [2.24, 2.45) is 5.92 Å². The topological polar surface area (TPSA) is 58.0 Å². The van der Waals surface area contributed by atoms with Crippen molar-refractivity contribution in [3.05, 3.63) is 17.2 Å². The summed E-state index contributed by atoms with van der Waals surface area (Å²) in [4.78, 5) is 0. The SMILES string of the molecule is CC(C)C(C)(O)CNc1c(Cl)ccc2nsnc12. The maximum Gasteiger partial charge on any atom is 0.129 e. The number of aromatic nitrogens is 2. The molecule has 0 bridgehead atoms. The first-order chi connectivity index (χ1) is 8.42. The Morgan fingerprint density at radius 3 is 2.83 bits per heavy atom. The van der Waals surface area contributed by atoms with E-state index >= 15 is 0 Å². The zero-order valence-corrected chi connectivity index (χ0v) is 12.1. The summed E-state index contributed by atoms with van der Waals surface area (Å²) in [6.45, 7) is 6.18. The van der Waals surface area contributed by atoms with Crippen LogP contribution in [0.1, 0.15) is 20.8 Å². The number of anilines is 1. The smallest absolute Gasteiger partial charge is 0.129 e. The van der Waals surface area contributed by atoms with Gasteiger partial charge in [0.2, 0.25) is 0 Å². The van der Waals surface area contributed by atoms with Crippen LogP contribution in [0.15, 0.2) is 12.1 Å². The molecule has 0 radical (unpaired) electrons. The molecule has 1 aromatic heterocycles. The van der Waals surface area contributed by atoms with E-state index in [1.54, 1.807) is 13.0 Å². The van der Waals surface area contributed by atoms with E-state index in [1.807, 2.05) is 19.9 Å². The summed E-state index contributed by atoms with van der Waals surface area (Å²) in [7, 11) is 0. The summed E-state index contributed by atoms with van der Waals surface area (Å²) in [6, 6.07) is 3.63. The van der Waals surface area contributed by atoms with Crippen LogP contribution in [0.2, 0.25) is 5.02 Å². The Hall–Kier alpha value is -0.910. The van der Waals surface area contributed by atoms with Gasteiger partial charge in [-0.15, -0.1) is 0 Å². The third kappa shape index (κ3) is 2.58. The number of nitrogens with one attached hydrogen (secondary N) is 1. The number of benzene rings is 1. The van der Waals surface area contributed by atoms with Crippen LogP contribution in [0.5, 0.6) is 0 Å². The van der Waals surface area contributed by atoms with E-state index in [2.05, 4.69) is 14.1 Å². The molecule has 0 saturated heterocycles. The molecule has 0 fully saturated rings. The second-order valence-corrected chi connectivity index (χ2v) is 5.86. The minimum Gasteiger partial charge on any atom is -0.388 e. The predicted octanol–water partition coefficient (Wildman–Crippen LogP) is 3.16. The lowest BCUT2D eigenvalue weighted by Gasteiger charge is -2.28. The molecular weight excluding hydrogens is 270 g/mol. The first-order valence-electron chi connectivity index (χ1n) is 5.79. The van der Waals surface area contributed by atoms with Gasteiger partial charge in [-0.1, -0.05) is 25.4 Å². The quantitative estimate of drug-likeness (QED) is 0.906. The molecule has 0 spiro atoms. The lowest BCUT2D eigenvalue weighted by atomic mass is 9.92. The number of hydrogen-bond acceptors (Lipinski definition) is 5. The molecule has 1 atom stereocenters. The normalized spacial score (nSPS) is 15.0. The molecule has 4 nitrogen and oxygen atoms in total. The first kappa shape index (κ1) is 13.5. The number of fused-ring (bicyclic) bond motifs is 1. The maximum atomic E-state index is 10.2. The van der Waals surface area contributed by atoms with Gasteiger partial charge >= 0.3 is 0 Å². The Balaban J connectivity index is 2.26. The highest BCUT2D eigenvalue weighted by Gasteiger charge is 2.25. The fourth-order valence-electron chi connectivity index (χ4n) is 1.47. The van der Waals surface area contributed by atoms with Gasteiger partial charge in [0.05, 0.1) is 28.0 Å². The van der Waals surface area contributed by atoms with Gasteiger partial charge in [-0.05, 0) is 25.0 Å². The fraction of sp³-hybridized carbons (Fsp3) is 0.500. The van der Waals surface area contributed by atoms with Gasteiger partial charge in [-0.2, -0.15) is 8.75 Å². The highest BCUT2D eigenvalue weighted by Crippen LogP contribution is 2.30. The summed E-state index contributed by atoms with van der Waals surface area (Å²) in [5.74, 6) is 0.150. The van der Waals surface area contributed by atoms with E-state index < -0.39 is 5.60 Å². The predicted molar refractivity (Wildman–Crippen MR) is 76.4 cm³/mol. The van der Waals surface area contributed by atoms with Crippen LogP contribution in [-0.4, -0.2) is 26.0 Å². The molecule has 18 heavy (non-hydrogen) atoms. The first-order valence-corrected chi connectivity index (χ1v) is 6.89. The number of rotatable bonds is 4. The summed E-state index contributed by atoms with van der Waals surface area (Å²) in [5, 5.41) is 14.0. The molecule has 2 rings (SSSR count). The molecule has 98 valence electrons. The molecule has 1 heterocycles. The summed E-state index contributed by atoms with van der Waals surface area (Å²) in [5.41, 5.74) is 1.52. The van der Waals surface area contributed by atoms with E-state index in [9.17, 15) is 5.11 Å². The Labute approximate surface area is 115 Å². The maximum absolute atomic E-state index is 10.2. The minimum absolute atomic E-state index is 0.150. The molecule has 2 N–H and O–H groups in total. The van der Waals surface area contributed by atoms with Crippen LogP contribution in [0.25, 0.3) is 11.0 Å². The minimum atomic E-state index is -0.797. The van der Waals surface area contributed by atoms with Crippen molar-refractivity contribution in [1.82, 2.24) is 8.75 Å². The van der Waals surface area contributed by atoms with Crippen molar-refractivity contribution in [2.75, 3.05) is 11.9 Å². The van der Waals surface area contributed by atoms with Crippen molar-refractivity contribution in [1.29, 1.82) is 0 Å². The highest BCUT2D eigenvalue weighted by molar-refractivity contribution is 7.00. The molecule has 6 heteroatoms. The van der Waals surface area contributed by atoms with Crippen molar-refractivity contribution in [3.63, 3.8) is 0 Å². The van der Waals surface area contributed by atoms with Crippen molar-refractivity contribution in [3.8, 4) is 0 Å². The fourth-order valence-corrected chi connectivity index (χ4v) is 2.23. The zero-order chi connectivity index (χ0) is 13.3. The molecule has 1 unspecified atom stereocenters. The van der Waals surface area contributed by atoms with Crippen molar-refractivity contribution < 1.29 is 5.11 Å². The average Bonchev–Trinajstić information content (AvgIpc) is 2.75. The molecule has 0 aliphatic rings. The van der Waals surface area contributed by atoms with Crippen LogP contribution in [-0.2, 0) is 0 Å². The monoisotopic (exact) mass is 285 g/mol. The van der Waals surface area contributed by atoms with E-state index in [4.69, 9.17) is 11.6 Å². The van der Waals surface area contributed by atoms with Crippen molar-refractivity contribution >= 4 is 40.0 Å². The lowest BCUT2D eigenvalue weighted by molar-refractivity contribution is 0.0266. The zero-order valence-electron chi connectivity index (χ0n) is 10.6. The molecule has 0 saturated carbocycles. The van der Waals surface area contributed by atoms with Crippen molar-refractivity contribution in [2.45, 2.75) is 26.4 Å². The molecule has 2 aromatic rings. The Morgan fingerprint density at radius 2 is 2.17 bits per heavy atom. The van der Waals surface area contributed by atoms with E-state index in [0.29, 0.717) is 11.6 Å². The number of halogens is 1. The third-order valence-corrected chi connectivity index (χ3v) is 4.10.